The van der Waals surface area contributed by atoms with E-state index in [-0.39, 0.29) is 5.56 Å². The quantitative estimate of drug-likeness (QED) is 0.551. The number of anilines is 2. The Kier molecular flexibility index (Phi) is 2.73. The lowest BCUT2D eigenvalue weighted by molar-refractivity contribution is 0.562. The standard InChI is InChI=1S/C13H10ClN7O/c1-6-9-10(12(22)17-16-6)15-13-18-19-20-21(13)11(9)7-4-2-3-5-8(7)14/h2-5,11H,1H3,(H,17,22)(H,15,18,20)/t11-/m1/s1. The van der Waals surface area contributed by atoms with Crippen LogP contribution in [0.5, 0.6) is 0 Å². The van der Waals surface area contributed by atoms with Gasteiger partial charge in [-0.3, -0.25) is 4.79 Å². The molecule has 1 aliphatic heterocycles. The lowest BCUT2D eigenvalue weighted by atomic mass is 9.95. The van der Waals surface area contributed by atoms with E-state index in [0.29, 0.717) is 27.9 Å². The van der Waals surface area contributed by atoms with Crippen LogP contribution in [0.2, 0.25) is 5.02 Å². The molecule has 0 fully saturated rings. The van der Waals surface area contributed by atoms with Crippen molar-refractivity contribution >= 4 is 23.2 Å². The average Bonchev–Trinajstić information content (AvgIpc) is 2.98. The van der Waals surface area contributed by atoms with Gasteiger partial charge in [-0.1, -0.05) is 34.9 Å². The van der Waals surface area contributed by atoms with Crippen LogP contribution in [-0.4, -0.2) is 30.4 Å². The summed E-state index contributed by atoms with van der Waals surface area (Å²) in [6.07, 6.45) is 0. The van der Waals surface area contributed by atoms with Gasteiger partial charge in [0.05, 0.1) is 5.69 Å². The van der Waals surface area contributed by atoms with Crippen LogP contribution in [-0.2, 0) is 0 Å². The van der Waals surface area contributed by atoms with E-state index >= 15 is 0 Å². The molecular weight excluding hydrogens is 306 g/mol. The SMILES string of the molecule is Cc1n[nH]c(=O)c2c1[C@@H](c1ccccc1Cl)n1nnnc1N2. The second-order valence-electron chi connectivity index (χ2n) is 4.92. The Morgan fingerprint density at radius 2 is 2.14 bits per heavy atom. The van der Waals surface area contributed by atoms with Gasteiger partial charge < -0.3 is 5.32 Å². The molecule has 0 radical (unpaired) electrons. The Bertz CT molecular complexity index is 932. The van der Waals surface area contributed by atoms with E-state index in [2.05, 4.69) is 31.0 Å². The first-order chi connectivity index (χ1) is 10.7. The number of halogens is 1. The molecule has 0 amide bonds. The van der Waals surface area contributed by atoms with E-state index in [4.69, 9.17) is 11.6 Å². The van der Waals surface area contributed by atoms with Gasteiger partial charge in [0.15, 0.2) is 0 Å². The second-order valence-corrected chi connectivity index (χ2v) is 5.33. The zero-order valence-electron chi connectivity index (χ0n) is 11.4. The maximum atomic E-state index is 12.1. The Morgan fingerprint density at radius 1 is 1.32 bits per heavy atom. The van der Waals surface area contributed by atoms with E-state index in [1.54, 1.807) is 10.7 Å². The average molecular weight is 316 g/mol. The molecule has 110 valence electrons. The fourth-order valence-electron chi connectivity index (χ4n) is 2.68. The van der Waals surface area contributed by atoms with E-state index in [0.717, 1.165) is 5.56 Å². The molecule has 1 aliphatic rings. The van der Waals surface area contributed by atoms with Crippen LogP contribution < -0.4 is 10.9 Å². The molecule has 0 saturated heterocycles. The molecule has 3 aromatic rings. The van der Waals surface area contributed by atoms with Crippen LogP contribution in [0.25, 0.3) is 0 Å². The summed E-state index contributed by atoms with van der Waals surface area (Å²) in [6.45, 7) is 1.82. The molecule has 1 atom stereocenters. The molecule has 0 bridgehead atoms. The summed E-state index contributed by atoms with van der Waals surface area (Å²) in [5.41, 5.74) is 2.24. The number of fused-ring (bicyclic) bond motifs is 2. The highest BCUT2D eigenvalue weighted by molar-refractivity contribution is 6.31. The van der Waals surface area contributed by atoms with E-state index < -0.39 is 6.04 Å². The highest BCUT2D eigenvalue weighted by Crippen LogP contribution is 2.39. The van der Waals surface area contributed by atoms with Crippen molar-refractivity contribution in [1.29, 1.82) is 0 Å². The van der Waals surface area contributed by atoms with Crippen LogP contribution in [0.1, 0.15) is 22.9 Å². The van der Waals surface area contributed by atoms with Gasteiger partial charge >= 0.3 is 0 Å². The van der Waals surface area contributed by atoms with Gasteiger partial charge in [-0.25, -0.2) is 5.10 Å². The van der Waals surface area contributed by atoms with Crippen molar-refractivity contribution < 1.29 is 0 Å². The normalized spacial score (nSPS) is 15.8. The summed E-state index contributed by atoms with van der Waals surface area (Å²) in [5, 5.41) is 21.6. The number of benzene rings is 1. The summed E-state index contributed by atoms with van der Waals surface area (Å²) in [5.74, 6) is 0.383. The van der Waals surface area contributed by atoms with Crippen molar-refractivity contribution in [3.05, 3.63) is 56.5 Å². The molecule has 9 heteroatoms. The summed E-state index contributed by atoms with van der Waals surface area (Å²) in [6, 6.07) is 6.98. The van der Waals surface area contributed by atoms with Gasteiger partial charge in [-0.15, -0.1) is 0 Å². The zero-order valence-corrected chi connectivity index (χ0v) is 12.2. The number of H-pyrrole nitrogens is 1. The monoisotopic (exact) mass is 315 g/mol. The summed E-state index contributed by atoms with van der Waals surface area (Å²) < 4.78 is 1.59. The van der Waals surface area contributed by atoms with Crippen molar-refractivity contribution in [2.75, 3.05) is 5.32 Å². The van der Waals surface area contributed by atoms with Gasteiger partial charge in [0.25, 0.3) is 5.56 Å². The van der Waals surface area contributed by atoms with E-state index in [9.17, 15) is 4.79 Å². The van der Waals surface area contributed by atoms with Crippen molar-refractivity contribution in [1.82, 2.24) is 30.4 Å². The molecule has 0 spiro atoms. The Hall–Kier alpha value is -2.74. The largest absolute Gasteiger partial charge is 0.318 e. The van der Waals surface area contributed by atoms with Gasteiger partial charge in [0.1, 0.15) is 11.7 Å². The third-order valence-electron chi connectivity index (χ3n) is 3.66. The predicted octanol–water partition coefficient (Wildman–Crippen LogP) is 1.41. The van der Waals surface area contributed by atoms with Gasteiger partial charge in [0.2, 0.25) is 5.95 Å². The number of hydrogen-bond acceptors (Lipinski definition) is 6. The number of aromatic amines is 1. The molecule has 2 aromatic heterocycles. The Labute approximate surface area is 129 Å². The molecule has 3 heterocycles. The first-order valence-corrected chi connectivity index (χ1v) is 6.93. The Morgan fingerprint density at radius 3 is 2.95 bits per heavy atom. The number of aryl methyl sites for hydroxylation is 1. The first-order valence-electron chi connectivity index (χ1n) is 6.55. The number of aromatic nitrogens is 6. The molecule has 0 aliphatic carbocycles. The number of tetrazole rings is 1. The topological polar surface area (TPSA) is 101 Å². The van der Waals surface area contributed by atoms with Crippen LogP contribution >= 0.6 is 11.6 Å². The predicted molar refractivity (Wildman–Crippen MR) is 79.4 cm³/mol. The molecule has 8 nitrogen and oxygen atoms in total. The van der Waals surface area contributed by atoms with Crippen molar-refractivity contribution in [3.8, 4) is 0 Å². The minimum atomic E-state index is -0.412. The molecular formula is C13H10ClN7O. The summed E-state index contributed by atoms with van der Waals surface area (Å²) in [4.78, 5) is 12.1. The van der Waals surface area contributed by atoms with Crippen molar-refractivity contribution in [2.45, 2.75) is 13.0 Å². The molecule has 22 heavy (non-hydrogen) atoms. The minimum Gasteiger partial charge on any atom is -0.318 e. The van der Waals surface area contributed by atoms with Crippen LogP contribution in [0.15, 0.2) is 29.1 Å². The third-order valence-corrected chi connectivity index (χ3v) is 4.00. The van der Waals surface area contributed by atoms with Crippen LogP contribution in [0, 0.1) is 6.92 Å². The minimum absolute atomic E-state index is 0.327. The van der Waals surface area contributed by atoms with Crippen LogP contribution in [0.3, 0.4) is 0 Å². The highest BCUT2D eigenvalue weighted by Gasteiger charge is 2.33. The fraction of sp³-hybridized carbons (Fsp3) is 0.154. The lowest BCUT2D eigenvalue weighted by Crippen LogP contribution is -2.29. The summed E-state index contributed by atoms with van der Waals surface area (Å²) in [7, 11) is 0. The van der Waals surface area contributed by atoms with E-state index in [1.165, 1.54) is 0 Å². The summed E-state index contributed by atoms with van der Waals surface area (Å²) >= 11 is 6.34. The lowest BCUT2D eigenvalue weighted by Gasteiger charge is -2.27. The number of rotatable bonds is 1. The maximum Gasteiger partial charge on any atom is 0.288 e. The maximum absolute atomic E-state index is 12.1. The zero-order chi connectivity index (χ0) is 15.3. The number of hydrogen-bond donors (Lipinski definition) is 2. The Balaban J connectivity index is 2.07. The molecule has 0 unspecified atom stereocenters. The van der Waals surface area contributed by atoms with Crippen molar-refractivity contribution in [2.24, 2.45) is 0 Å². The first kappa shape index (κ1) is 13.0. The molecule has 1 aromatic carbocycles. The fourth-order valence-corrected chi connectivity index (χ4v) is 2.92. The van der Waals surface area contributed by atoms with Gasteiger partial charge in [0, 0.05) is 16.1 Å². The molecule has 0 saturated carbocycles. The highest BCUT2D eigenvalue weighted by atomic mass is 35.5. The third kappa shape index (κ3) is 1.74. The van der Waals surface area contributed by atoms with Gasteiger partial charge in [-0.05, 0) is 23.4 Å². The van der Waals surface area contributed by atoms with Gasteiger partial charge in [-0.2, -0.15) is 9.78 Å². The molecule has 4 rings (SSSR count). The second kappa shape index (κ2) is 4.63. The van der Waals surface area contributed by atoms with Crippen LogP contribution in [0.4, 0.5) is 11.6 Å². The van der Waals surface area contributed by atoms with E-state index in [1.807, 2.05) is 25.1 Å². The number of nitrogens with one attached hydrogen (secondary N) is 2. The molecule has 2 N–H and O–H groups in total. The van der Waals surface area contributed by atoms with Crippen molar-refractivity contribution in [3.63, 3.8) is 0 Å². The smallest absolute Gasteiger partial charge is 0.288 e. The number of nitrogens with zero attached hydrogens (tertiary/aromatic N) is 5.